The molecule has 33 heavy (non-hydrogen) atoms. The smallest absolute Gasteiger partial charge is 0.253 e. The van der Waals surface area contributed by atoms with E-state index in [1.807, 2.05) is 29.2 Å². The molecule has 0 saturated carbocycles. The van der Waals surface area contributed by atoms with Crippen LogP contribution in [0.1, 0.15) is 53.9 Å². The average Bonchev–Trinajstić information content (AvgIpc) is 3.26. The number of aromatic nitrogens is 1. The van der Waals surface area contributed by atoms with E-state index in [1.165, 1.54) is 5.56 Å². The number of hydrogen-bond donors (Lipinski definition) is 1. The van der Waals surface area contributed by atoms with Crippen LogP contribution in [0, 0.1) is 0 Å². The maximum absolute atomic E-state index is 13.1. The minimum absolute atomic E-state index is 0.0719. The molecule has 5 rings (SSSR count). The van der Waals surface area contributed by atoms with Crippen molar-refractivity contribution < 1.29 is 14.3 Å². The lowest BCUT2D eigenvalue weighted by molar-refractivity contribution is 0.0241. The van der Waals surface area contributed by atoms with Crippen LogP contribution in [0.25, 0.3) is 11.1 Å². The Labute approximate surface area is 195 Å². The van der Waals surface area contributed by atoms with Crippen LogP contribution in [0.5, 0.6) is 0 Å². The van der Waals surface area contributed by atoms with E-state index in [4.69, 9.17) is 4.42 Å². The van der Waals surface area contributed by atoms with Gasteiger partial charge in [0.2, 0.25) is 0 Å². The van der Waals surface area contributed by atoms with Crippen molar-refractivity contribution in [3.05, 3.63) is 65.5 Å². The van der Waals surface area contributed by atoms with Gasteiger partial charge < -0.3 is 14.4 Å². The zero-order valence-corrected chi connectivity index (χ0v) is 19.2. The molecule has 1 atom stereocenters. The SMILES string of the molecule is O=C(c1ccc2oc(CCCc3ccccc3)nc2c1)N1CCC(N2CCC[C@H](O)C2)CC1. The molecule has 2 aliphatic rings. The van der Waals surface area contributed by atoms with Crippen LogP contribution >= 0.6 is 0 Å². The third kappa shape index (κ3) is 5.28. The second kappa shape index (κ2) is 10.1. The second-order valence-corrected chi connectivity index (χ2v) is 9.44. The van der Waals surface area contributed by atoms with Crippen LogP contribution in [-0.2, 0) is 12.8 Å². The fourth-order valence-electron chi connectivity index (χ4n) is 5.24. The van der Waals surface area contributed by atoms with Crippen molar-refractivity contribution in [2.45, 2.75) is 57.1 Å². The maximum atomic E-state index is 13.1. The molecule has 0 bridgehead atoms. The Morgan fingerprint density at radius 3 is 2.64 bits per heavy atom. The first-order valence-electron chi connectivity index (χ1n) is 12.3. The minimum atomic E-state index is -0.198. The number of β-amino-alcohol motifs (C(OH)–C–C–N with tert-alkyl or cyclic N) is 1. The second-order valence-electron chi connectivity index (χ2n) is 9.44. The number of oxazole rings is 1. The van der Waals surface area contributed by atoms with Crippen LogP contribution in [0.4, 0.5) is 0 Å². The highest BCUT2D eigenvalue weighted by atomic mass is 16.3. The van der Waals surface area contributed by atoms with E-state index in [9.17, 15) is 9.90 Å². The Morgan fingerprint density at radius 1 is 1.03 bits per heavy atom. The number of carbonyl (C=O) groups excluding carboxylic acids is 1. The molecule has 2 aliphatic heterocycles. The highest BCUT2D eigenvalue weighted by Crippen LogP contribution is 2.24. The molecule has 174 valence electrons. The van der Waals surface area contributed by atoms with Gasteiger partial charge in [-0.1, -0.05) is 30.3 Å². The Hall–Kier alpha value is -2.70. The topological polar surface area (TPSA) is 69.8 Å². The first kappa shape index (κ1) is 22.1. The number of aliphatic hydroxyl groups excluding tert-OH is 1. The summed E-state index contributed by atoms with van der Waals surface area (Å²) < 4.78 is 5.91. The standard InChI is InChI=1S/C27H33N3O3/c31-23-9-5-15-30(19-23)22-13-16-29(17-14-22)27(32)21-11-12-25-24(18-21)28-26(33-25)10-4-8-20-6-2-1-3-7-20/h1-3,6-7,11-12,18,22-23,31H,4-5,8-10,13-17,19H2/t23-/m0/s1. The van der Waals surface area contributed by atoms with Crippen LogP contribution < -0.4 is 0 Å². The van der Waals surface area contributed by atoms with Crippen LogP contribution in [0.15, 0.2) is 52.9 Å². The first-order valence-corrected chi connectivity index (χ1v) is 12.3. The molecule has 0 aliphatic carbocycles. The highest BCUT2D eigenvalue weighted by Gasteiger charge is 2.30. The monoisotopic (exact) mass is 447 g/mol. The van der Waals surface area contributed by atoms with Crippen LogP contribution in [-0.4, -0.2) is 64.1 Å². The number of carbonyl (C=O) groups is 1. The van der Waals surface area contributed by atoms with Crippen molar-refractivity contribution in [2.75, 3.05) is 26.2 Å². The van der Waals surface area contributed by atoms with Gasteiger partial charge in [-0.15, -0.1) is 0 Å². The number of piperidine rings is 2. The lowest BCUT2D eigenvalue weighted by Gasteiger charge is -2.41. The number of fused-ring (bicyclic) bond motifs is 1. The predicted octanol–water partition coefficient (Wildman–Crippen LogP) is 4.06. The van der Waals surface area contributed by atoms with Crippen molar-refractivity contribution >= 4 is 17.0 Å². The van der Waals surface area contributed by atoms with Crippen molar-refractivity contribution in [3.63, 3.8) is 0 Å². The predicted molar refractivity (Wildman–Crippen MR) is 128 cm³/mol. The van der Waals surface area contributed by atoms with Gasteiger partial charge >= 0.3 is 0 Å². The number of aryl methyl sites for hydroxylation is 2. The molecular formula is C27H33N3O3. The maximum Gasteiger partial charge on any atom is 0.253 e. The third-order valence-electron chi connectivity index (χ3n) is 7.07. The molecule has 6 nitrogen and oxygen atoms in total. The van der Waals surface area contributed by atoms with Crippen molar-refractivity contribution in [1.29, 1.82) is 0 Å². The Kier molecular flexibility index (Phi) is 6.74. The molecule has 2 fully saturated rings. The lowest BCUT2D eigenvalue weighted by atomic mass is 9.98. The molecule has 3 heterocycles. The summed E-state index contributed by atoms with van der Waals surface area (Å²) >= 11 is 0. The molecule has 1 aromatic heterocycles. The highest BCUT2D eigenvalue weighted by molar-refractivity contribution is 5.97. The van der Waals surface area contributed by atoms with Gasteiger partial charge in [-0.25, -0.2) is 4.98 Å². The summed E-state index contributed by atoms with van der Waals surface area (Å²) in [7, 11) is 0. The molecule has 6 heteroatoms. The van der Waals surface area contributed by atoms with Crippen molar-refractivity contribution in [3.8, 4) is 0 Å². The number of amides is 1. The Bertz CT molecular complexity index is 1070. The van der Waals surface area contributed by atoms with Crippen molar-refractivity contribution in [1.82, 2.24) is 14.8 Å². The third-order valence-corrected chi connectivity index (χ3v) is 7.07. The number of hydrogen-bond acceptors (Lipinski definition) is 5. The summed E-state index contributed by atoms with van der Waals surface area (Å²) in [6, 6.07) is 16.5. The first-order chi connectivity index (χ1) is 16.2. The summed E-state index contributed by atoms with van der Waals surface area (Å²) in [6.07, 6.45) is 6.47. The summed E-state index contributed by atoms with van der Waals surface area (Å²) in [5.74, 6) is 0.803. The van der Waals surface area contributed by atoms with E-state index in [2.05, 4.69) is 34.1 Å². The normalized spacial score (nSPS) is 20.4. The number of rotatable bonds is 6. The molecule has 0 radical (unpaired) electrons. The molecule has 2 aromatic carbocycles. The fourth-order valence-corrected chi connectivity index (χ4v) is 5.24. The van der Waals surface area contributed by atoms with Crippen LogP contribution in [0.2, 0.25) is 0 Å². The van der Waals surface area contributed by atoms with E-state index < -0.39 is 0 Å². The molecule has 2 saturated heterocycles. The largest absolute Gasteiger partial charge is 0.441 e. The van der Waals surface area contributed by atoms with Crippen LogP contribution in [0.3, 0.4) is 0 Å². The number of likely N-dealkylation sites (tertiary alicyclic amines) is 2. The van der Waals surface area contributed by atoms with E-state index in [0.29, 0.717) is 11.6 Å². The average molecular weight is 448 g/mol. The van der Waals surface area contributed by atoms with E-state index in [-0.39, 0.29) is 12.0 Å². The van der Waals surface area contributed by atoms with Gasteiger partial charge in [0.25, 0.3) is 5.91 Å². The van der Waals surface area contributed by atoms with Gasteiger partial charge in [0.1, 0.15) is 5.52 Å². The summed E-state index contributed by atoms with van der Waals surface area (Å²) in [5, 5.41) is 9.97. The summed E-state index contributed by atoms with van der Waals surface area (Å²) in [5.41, 5.74) is 3.50. The molecule has 0 unspecified atom stereocenters. The van der Waals surface area contributed by atoms with Gasteiger partial charge in [-0.05, 0) is 68.8 Å². The molecule has 3 aromatic rings. The minimum Gasteiger partial charge on any atom is -0.441 e. The lowest BCUT2D eigenvalue weighted by Crippen LogP contribution is -2.50. The number of aliphatic hydroxyl groups is 1. The van der Waals surface area contributed by atoms with E-state index >= 15 is 0 Å². The Morgan fingerprint density at radius 2 is 1.85 bits per heavy atom. The summed E-state index contributed by atoms with van der Waals surface area (Å²) in [4.78, 5) is 22.1. The molecule has 1 amide bonds. The van der Waals surface area contributed by atoms with Crippen molar-refractivity contribution in [2.24, 2.45) is 0 Å². The molecule has 0 spiro atoms. The van der Waals surface area contributed by atoms with Gasteiger partial charge in [0.15, 0.2) is 11.5 Å². The summed E-state index contributed by atoms with van der Waals surface area (Å²) in [6.45, 7) is 3.36. The fraction of sp³-hybridized carbons (Fsp3) is 0.481. The number of nitrogens with zero attached hydrogens (tertiary/aromatic N) is 3. The quantitative estimate of drug-likeness (QED) is 0.617. The van der Waals surface area contributed by atoms with Gasteiger partial charge in [0, 0.05) is 37.7 Å². The van der Waals surface area contributed by atoms with Gasteiger partial charge in [0.05, 0.1) is 6.10 Å². The van der Waals surface area contributed by atoms with E-state index in [0.717, 1.165) is 88.1 Å². The number of benzene rings is 2. The van der Waals surface area contributed by atoms with Gasteiger partial charge in [-0.3, -0.25) is 9.69 Å². The zero-order chi connectivity index (χ0) is 22.6. The molecular weight excluding hydrogens is 414 g/mol. The zero-order valence-electron chi connectivity index (χ0n) is 19.2. The van der Waals surface area contributed by atoms with E-state index in [1.54, 1.807) is 0 Å². The Balaban J connectivity index is 1.17. The van der Waals surface area contributed by atoms with Gasteiger partial charge in [-0.2, -0.15) is 0 Å². The molecule has 1 N–H and O–H groups in total.